The maximum atomic E-state index is 11.5. The normalized spacial score (nSPS) is 18.7. The van der Waals surface area contributed by atoms with Gasteiger partial charge in [0.15, 0.2) is 0 Å². The van der Waals surface area contributed by atoms with E-state index in [1.54, 1.807) is 6.92 Å². The quantitative estimate of drug-likeness (QED) is 0.686. The van der Waals surface area contributed by atoms with Gasteiger partial charge in [0.2, 0.25) is 5.91 Å². The van der Waals surface area contributed by atoms with E-state index < -0.39 is 0 Å². The van der Waals surface area contributed by atoms with Crippen molar-refractivity contribution in [3.8, 4) is 0 Å². The Morgan fingerprint density at radius 2 is 2.25 bits per heavy atom. The van der Waals surface area contributed by atoms with E-state index in [2.05, 4.69) is 10.6 Å². The van der Waals surface area contributed by atoms with Crippen LogP contribution in [0.3, 0.4) is 0 Å². The summed E-state index contributed by atoms with van der Waals surface area (Å²) in [6.07, 6.45) is 2.16. The number of esters is 1. The van der Waals surface area contributed by atoms with Crippen LogP contribution in [0.1, 0.15) is 26.2 Å². The van der Waals surface area contributed by atoms with Gasteiger partial charge in [-0.15, -0.1) is 12.4 Å². The Bertz CT molecular complexity index is 230. The maximum Gasteiger partial charge on any atom is 0.307 e. The van der Waals surface area contributed by atoms with Crippen molar-refractivity contribution in [1.29, 1.82) is 0 Å². The van der Waals surface area contributed by atoms with Crippen LogP contribution in [0.15, 0.2) is 0 Å². The van der Waals surface area contributed by atoms with E-state index in [-0.39, 0.29) is 36.7 Å². The molecule has 1 saturated heterocycles. The fourth-order valence-corrected chi connectivity index (χ4v) is 1.55. The lowest BCUT2D eigenvalue weighted by Crippen LogP contribution is -2.41. The van der Waals surface area contributed by atoms with Gasteiger partial charge in [-0.1, -0.05) is 0 Å². The highest BCUT2D eigenvalue weighted by Crippen LogP contribution is 2.04. The molecular formula is C10H19ClN2O3. The number of amides is 1. The van der Waals surface area contributed by atoms with Gasteiger partial charge in [0.25, 0.3) is 0 Å². The first-order valence-electron chi connectivity index (χ1n) is 5.40. The molecule has 1 heterocycles. The molecule has 0 aromatic carbocycles. The van der Waals surface area contributed by atoms with Crippen LogP contribution in [-0.2, 0) is 14.3 Å². The third-order valence-electron chi connectivity index (χ3n) is 2.31. The minimum Gasteiger partial charge on any atom is -0.466 e. The van der Waals surface area contributed by atoms with Gasteiger partial charge in [-0.2, -0.15) is 0 Å². The molecule has 94 valence electrons. The average molecular weight is 251 g/mol. The Morgan fingerprint density at radius 1 is 1.50 bits per heavy atom. The molecule has 2 N–H and O–H groups in total. The number of nitrogens with one attached hydrogen (secondary N) is 2. The second kappa shape index (κ2) is 8.35. The Balaban J connectivity index is 0.00000225. The molecule has 0 bridgehead atoms. The minimum atomic E-state index is -0.266. The van der Waals surface area contributed by atoms with Crippen molar-refractivity contribution >= 4 is 24.3 Å². The fraction of sp³-hybridized carbons (Fsp3) is 0.800. The summed E-state index contributed by atoms with van der Waals surface area (Å²) < 4.78 is 4.74. The van der Waals surface area contributed by atoms with Crippen molar-refractivity contribution in [3.63, 3.8) is 0 Å². The van der Waals surface area contributed by atoms with E-state index in [9.17, 15) is 9.59 Å². The molecule has 16 heavy (non-hydrogen) atoms. The highest BCUT2D eigenvalue weighted by atomic mass is 35.5. The largest absolute Gasteiger partial charge is 0.466 e. The predicted molar refractivity (Wildman–Crippen MR) is 62.5 cm³/mol. The molecule has 1 aliphatic heterocycles. The van der Waals surface area contributed by atoms with E-state index in [1.165, 1.54) is 0 Å². The number of rotatable bonds is 5. The molecule has 1 rings (SSSR count). The highest BCUT2D eigenvalue weighted by molar-refractivity contribution is 5.85. The molecule has 1 fully saturated rings. The number of carbonyl (C=O) groups is 2. The number of ether oxygens (including phenoxy) is 1. The van der Waals surface area contributed by atoms with Crippen LogP contribution < -0.4 is 10.6 Å². The van der Waals surface area contributed by atoms with Crippen molar-refractivity contribution < 1.29 is 14.3 Å². The van der Waals surface area contributed by atoms with Gasteiger partial charge in [0.05, 0.1) is 19.1 Å². The van der Waals surface area contributed by atoms with Crippen molar-refractivity contribution in [2.24, 2.45) is 0 Å². The molecule has 0 aromatic heterocycles. The minimum absolute atomic E-state index is 0. The molecule has 0 aromatic rings. The van der Waals surface area contributed by atoms with Crippen molar-refractivity contribution in [2.45, 2.75) is 32.2 Å². The molecule has 6 heteroatoms. The fourth-order valence-electron chi connectivity index (χ4n) is 1.55. The third kappa shape index (κ3) is 5.32. The van der Waals surface area contributed by atoms with Crippen molar-refractivity contribution in [2.75, 3.05) is 19.7 Å². The Labute approximate surface area is 102 Å². The maximum absolute atomic E-state index is 11.5. The second-order valence-electron chi connectivity index (χ2n) is 3.49. The van der Waals surface area contributed by atoms with Crippen molar-refractivity contribution in [3.05, 3.63) is 0 Å². The van der Waals surface area contributed by atoms with E-state index >= 15 is 0 Å². The zero-order chi connectivity index (χ0) is 11.1. The van der Waals surface area contributed by atoms with Gasteiger partial charge in [-0.25, -0.2) is 0 Å². The van der Waals surface area contributed by atoms with Crippen LogP contribution in [0.4, 0.5) is 0 Å². The zero-order valence-electron chi connectivity index (χ0n) is 9.45. The van der Waals surface area contributed by atoms with Gasteiger partial charge in [0.1, 0.15) is 0 Å². The molecular weight excluding hydrogens is 232 g/mol. The molecule has 0 saturated carbocycles. The summed E-state index contributed by atoms with van der Waals surface area (Å²) in [6, 6.07) is -0.0767. The predicted octanol–water partition coefficient (Wildman–Crippen LogP) is 0.230. The number of hydrogen-bond donors (Lipinski definition) is 2. The van der Waals surface area contributed by atoms with Crippen LogP contribution in [0, 0.1) is 0 Å². The lowest BCUT2D eigenvalue weighted by atomic mass is 10.2. The summed E-state index contributed by atoms with van der Waals surface area (Å²) in [5.74, 6) is -0.283. The Hall–Kier alpha value is -0.810. The molecule has 1 aliphatic rings. The topological polar surface area (TPSA) is 67.4 Å². The number of carbonyl (C=O) groups excluding carboxylic acids is 2. The van der Waals surface area contributed by atoms with Gasteiger partial charge < -0.3 is 15.4 Å². The first kappa shape index (κ1) is 15.2. The Kier molecular flexibility index (Phi) is 7.93. The first-order valence-corrected chi connectivity index (χ1v) is 5.40. The summed E-state index contributed by atoms with van der Waals surface area (Å²) in [7, 11) is 0. The first-order chi connectivity index (χ1) is 7.24. The molecule has 0 aliphatic carbocycles. The van der Waals surface area contributed by atoms with Gasteiger partial charge >= 0.3 is 5.97 Å². The van der Waals surface area contributed by atoms with Gasteiger partial charge in [0, 0.05) is 6.54 Å². The molecule has 1 atom stereocenters. The van der Waals surface area contributed by atoms with E-state index in [4.69, 9.17) is 4.74 Å². The second-order valence-corrected chi connectivity index (χ2v) is 3.49. The lowest BCUT2D eigenvalue weighted by molar-refractivity contribution is -0.143. The van der Waals surface area contributed by atoms with Crippen LogP contribution in [-0.4, -0.2) is 37.6 Å². The van der Waals surface area contributed by atoms with Crippen LogP contribution >= 0.6 is 12.4 Å². The van der Waals surface area contributed by atoms with E-state index in [0.29, 0.717) is 13.2 Å². The highest BCUT2D eigenvalue weighted by Gasteiger charge is 2.21. The third-order valence-corrected chi connectivity index (χ3v) is 2.31. The van der Waals surface area contributed by atoms with Crippen LogP contribution in [0.5, 0.6) is 0 Å². The number of halogens is 1. The SMILES string of the molecule is CCOC(=O)CCNC(=O)C1CCCN1.Cl. The summed E-state index contributed by atoms with van der Waals surface area (Å²) in [5.41, 5.74) is 0. The smallest absolute Gasteiger partial charge is 0.307 e. The van der Waals surface area contributed by atoms with Gasteiger partial charge in [-0.3, -0.25) is 9.59 Å². The monoisotopic (exact) mass is 250 g/mol. The molecule has 0 spiro atoms. The molecule has 5 nitrogen and oxygen atoms in total. The lowest BCUT2D eigenvalue weighted by Gasteiger charge is -2.10. The van der Waals surface area contributed by atoms with E-state index in [0.717, 1.165) is 19.4 Å². The zero-order valence-corrected chi connectivity index (χ0v) is 10.3. The van der Waals surface area contributed by atoms with Crippen LogP contribution in [0.2, 0.25) is 0 Å². The van der Waals surface area contributed by atoms with Gasteiger partial charge in [-0.05, 0) is 26.3 Å². The van der Waals surface area contributed by atoms with Crippen molar-refractivity contribution in [1.82, 2.24) is 10.6 Å². The summed E-state index contributed by atoms with van der Waals surface area (Å²) >= 11 is 0. The molecule has 1 unspecified atom stereocenters. The summed E-state index contributed by atoms with van der Waals surface area (Å²) in [5, 5.41) is 5.80. The molecule has 0 radical (unpaired) electrons. The average Bonchev–Trinajstić information content (AvgIpc) is 2.70. The standard InChI is InChI=1S/C10H18N2O3.ClH/c1-2-15-9(13)5-7-12-10(14)8-4-3-6-11-8;/h8,11H,2-7H2,1H3,(H,12,14);1H. The van der Waals surface area contributed by atoms with Crippen LogP contribution in [0.25, 0.3) is 0 Å². The molecule has 1 amide bonds. The van der Waals surface area contributed by atoms with E-state index in [1.807, 2.05) is 0 Å². The number of hydrogen-bond acceptors (Lipinski definition) is 4. The Morgan fingerprint density at radius 3 is 2.81 bits per heavy atom. The summed E-state index contributed by atoms with van der Waals surface area (Å²) in [4.78, 5) is 22.4. The summed E-state index contributed by atoms with van der Waals surface area (Å²) in [6.45, 7) is 3.40.